The number of carboxylic acids is 1. The molecule has 1 amide bonds. The first-order chi connectivity index (χ1) is 8.00. The molecule has 0 aliphatic heterocycles. The van der Waals surface area contributed by atoms with Gasteiger partial charge in [-0.1, -0.05) is 0 Å². The van der Waals surface area contributed by atoms with E-state index in [-0.39, 0.29) is 12.4 Å². The summed E-state index contributed by atoms with van der Waals surface area (Å²) in [5.74, 6) is -1.48. The maximum atomic E-state index is 11.9. The Bertz CT molecular complexity index is 376. The summed E-state index contributed by atoms with van der Waals surface area (Å²) in [6, 6.07) is 0. The van der Waals surface area contributed by atoms with Gasteiger partial charge in [0.25, 0.3) is 5.91 Å². The fraction of sp³-hybridized carbons (Fsp3) is 0.556. The molecule has 2 N–H and O–H groups in total. The molecule has 94 valence electrons. The SMILES string of the molecule is CN(C)CCN(CC(=O)O)C(=O)c1ncn[nH]1. The minimum Gasteiger partial charge on any atom is -0.480 e. The fourth-order valence-electron chi connectivity index (χ4n) is 1.19. The van der Waals surface area contributed by atoms with E-state index < -0.39 is 11.9 Å². The van der Waals surface area contributed by atoms with Crippen molar-refractivity contribution >= 4 is 11.9 Å². The number of carboxylic acid groups (broad SMARTS) is 1. The lowest BCUT2D eigenvalue weighted by molar-refractivity contribution is -0.137. The van der Waals surface area contributed by atoms with Crippen molar-refractivity contribution in [3.63, 3.8) is 0 Å². The number of hydrogen-bond acceptors (Lipinski definition) is 5. The van der Waals surface area contributed by atoms with Crippen LogP contribution < -0.4 is 0 Å². The van der Waals surface area contributed by atoms with Crippen LogP contribution in [0.25, 0.3) is 0 Å². The topological polar surface area (TPSA) is 102 Å². The highest BCUT2D eigenvalue weighted by molar-refractivity contribution is 5.92. The highest BCUT2D eigenvalue weighted by Crippen LogP contribution is 1.98. The van der Waals surface area contributed by atoms with E-state index in [1.807, 2.05) is 19.0 Å². The molecule has 0 unspecified atom stereocenters. The van der Waals surface area contributed by atoms with E-state index in [2.05, 4.69) is 15.2 Å². The zero-order chi connectivity index (χ0) is 12.8. The van der Waals surface area contributed by atoms with Gasteiger partial charge in [-0.3, -0.25) is 14.7 Å². The summed E-state index contributed by atoms with van der Waals surface area (Å²) < 4.78 is 0. The summed E-state index contributed by atoms with van der Waals surface area (Å²) in [4.78, 5) is 29.3. The third-order valence-electron chi connectivity index (χ3n) is 2.05. The van der Waals surface area contributed by atoms with Crippen molar-refractivity contribution in [3.8, 4) is 0 Å². The summed E-state index contributed by atoms with van der Waals surface area (Å²) in [5, 5.41) is 14.7. The normalized spacial score (nSPS) is 10.5. The molecule has 0 spiro atoms. The Hall–Kier alpha value is -1.96. The van der Waals surface area contributed by atoms with E-state index in [1.54, 1.807) is 0 Å². The van der Waals surface area contributed by atoms with Crippen LogP contribution in [0, 0.1) is 0 Å². The zero-order valence-corrected chi connectivity index (χ0v) is 9.75. The number of rotatable bonds is 6. The Balaban J connectivity index is 2.68. The van der Waals surface area contributed by atoms with Gasteiger partial charge in [0.05, 0.1) is 0 Å². The van der Waals surface area contributed by atoms with Crippen molar-refractivity contribution in [3.05, 3.63) is 12.2 Å². The Morgan fingerprint density at radius 2 is 2.12 bits per heavy atom. The highest BCUT2D eigenvalue weighted by atomic mass is 16.4. The second-order valence-electron chi connectivity index (χ2n) is 3.76. The van der Waals surface area contributed by atoms with Crippen LogP contribution in [0.15, 0.2) is 6.33 Å². The summed E-state index contributed by atoms with van der Waals surface area (Å²) >= 11 is 0. The standard InChI is InChI=1S/C9H15N5O3/c1-13(2)3-4-14(5-7(15)16)9(17)8-10-6-11-12-8/h6H,3-5H2,1-2H3,(H,15,16)(H,10,11,12). The predicted molar refractivity (Wildman–Crippen MR) is 58.5 cm³/mol. The fourth-order valence-corrected chi connectivity index (χ4v) is 1.19. The first-order valence-electron chi connectivity index (χ1n) is 5.02. The molecular weight excluding hydrogens is 226 g/mol. The van der Waals surface area contributed by atoms with E-state index in [0.717, 1.165) is 0 Å². The molecule has 0 aliphatic carbocycles. The molecule has 8 heteroatoms. The Morgan fingerprint density at radius 1 is 1.41 bits per heavy atom. The van der Waals surface area contributed by atoms with Crippen LogP contribution in [-0.4, -0.2) is 75.7 Å². The average molecular weight is 241 g/mol. The molecule has 8 nitrogen and oxygen atoms in total. The van der Waals surface area contributed by atoms with Crippen molar-refractivity contribution in [2.45, 2.75) is 0 Å². The third kappa shape index (κ3) is 4.19. The van der Waals surface area contributed by atoms with Gasteiger partial charge in [-0.25, -0.2) is 4.98 Å². The molecule has 0 radical (unpaired) electrons. The molecule has 1 aromatic rings. The Kier molecular flexibility index (Phi) is 4.58. The van der Waals surface area contributed by atoms with Crippen molar-refractivity contribution in [1.82, 2.24) is 25.0 Å². The Labute approximate surface area is 98.2 Å². The summed E-state index contributed by atoms with van der Waals surface area (Å²) in [6.45, 7) is 0.541. The second-order valence-corrected chi connectivity index (χ2v) is 3.76. The van der Waals surface area contributed by atoms with Gasteiger partial charge in [0.2, 0.25) is 5.82 Å². The lowest BCUT2D eigenvalue weighted by Gasteiger charge is -2.21. The highest BCUT2D eigenvalue weighted by Gasteiger charge is 2.20. The first kappa shape index (κ1) is 13.1. The maximum Gasteiger partial charge on any atom is 0.323 e. The van der Waals surface area contributed by atoms with Gasteiger partial charge in [0, 0.05) is 13.1 Å². The van der Waals surface area contributed by atoms with Crippen molar-refractivity contribution < 1.29 is 14.7 Å². The summed E-state index contributed by atoms with van der Waals surface area (Å²) in [5.41, 5.74) is 0. The molecule has 0 aliphatic rings. The van der Waals surface area contributed by atoms with Crippen LogP contribution in [0.4, 0.5) is 0 Å². The maximum absolute atomic E-state index is 11.9. The quantitative estimate of drug-likeness (QED) is 0.655. The number of aliphatic carboxylic acids is 1. The van der Waals surface area contributed by atoms with Gasteiger partial charge in [-0.2, -0.15) is 5.10 Å². The number of carbonyl (C=O) groups excluding carboxylic acids is 1. The van der Waals surface area contributed by atoms with Crippen LogP contribution in [0.1, 0.15) is 10.6 Å². The molecule has 0 aromatic carbocycles. The van der Waals surface area contributed by atoms with Crippen LogP contribution in [0.5, 0.6) is 0 Å². The molecule has 1 heterocycles. The van der Waals surface area contributed by atoms with Gasteiger partial charge in [-0.15, -0.1) is 0 Å². The van der Waals surface area contributed by atoms with Crippen LogP contribution in [0.3, 0.4) is 0 Å². The van der Waals surface area contributed by atoms with Crippen LogP contribution in [-0.2, 0) is 4.79 Å². The van der Waals surface area contributed by atoms with E-state index in [9.17, 15) is 9.59 Å². The molecule has 17 heavy (non-hydrogen) atoms. The van der Waals surface area contributed by atoms with E-state index in [1.165, 1.54) is 11.2 Å². The van der Waals surface area contributed by atoms with E-state index in [0.29, 0.717) is 13.1 Å². The number of H-pyrrole nitrogens is 1. The zero-order valence-electron chi connectivity index (χ0n) is 9.75. The first-order valence-corrected chi connectivity index (χ1v) is 5.02. The minimum absolute atomic E-state index is 0.0463. The molecule has 0 saturated carbocycles. The van der Waals surface area contributed by atoms with E-state index in [4.69, 9.17) is 5.11 Å². The largest absolute Gasteiger partial charge is 0.480 e. The number of carbonyl (C=O) groups is 2. The molecule has 0 atom stereocenters. The molecule has 0 saturated heterocycles. The van der Waals surface area contributed by atoms with Crippen molar-refractivity contribution in [1.29, 1.82) is 0 Å². The molecule has 1 rings (SSSR count). The number of likely N-dealkylation sites (N-methyl/N-ethyl adjacent to an activating group) is 1. The lowest BCUT2D eigenvalue weighted by Crippen LogP contribution is -2.40. The molecule has 0 bridgehead atoms. The van der Waals surface area contributed by atoms with Gasteiger partial charge in [-0.05, 0) is 14.1 Å². The average Bonchev–Trinajstić information content (AvgIpc) is 2.75. The molecular formula is C9H15N5O3. The lowest BCUT2D eigenvalue weighted by atomic mass is 10.4. The second kappa shape index (κ2) is 5.94. The minimum atomic E-state index is -1.06. The number of hydrogen-bond donors (Lipinski definition) is 2. The number of aromatic amines is 1. The van der Waals surface area contributed by atoms with Crippen LogP contribution >= 0.6 is 0 Å². The van der Waals surface area contributed by atoms with Crippen molar-refractivity contribution in [2.75, 3.05) is 33.7 Å². The van der Waals surface area contributed by atoms with Crippen LogP contribution in [0.2, 0.25) is 0 Å². The molecule has 0 fully saturated rings. The third-order valence-corrected chi connectivity index (χ3v) is 2.05. The number of nitrogens with zero attached hydrogens (tertiary/aromatic N) is 4. The van der Waals surface area contributed by atoms with Gasteiger partial charge in [0.1, 0.15) is 12.9 Å². The molecule has 1 aromatic heterocycles. The van der Waals surface area contributed by atoms with Gasteiger partial charge in [0.15, 0.2) is 0 Å². The number of amides is 1. The smallest absolute Gasteiger partial charge is 0.323 e. The summed E-state index contributed by atoms with van der Waals surface area (Å²) in [6.07, 6.45) is 1.21. The summed E-state index contributed by atoms with van der Waals surface area (Å²) in [7, 11) is 3.69. The monoisotopic (exact) mass is 241 g/mol. The Morgan fingerprint density at radius 3 is 2.59 bits per heavy atom. The van der Waals surface area contributed by atoms with Crippen molar-refractivity contribution in [2.24, 2.45) is 0 Å². The number of aromatic nitrogens is 3. The number of nitrogens with one attached hydrogen (secondary N) is 1. The van der Waals surface area contributed by atoms with Gasteiger partial charge < -0.3 is 14.9 Å². The van der Waals surface area contributed by atoms with E-state index >= 15 is 0 Å². The predicted octanol–water partition coefficient (Wildman–Crippen LogP) is -1.11. The van der Waals surface area contributed by atoms with Gasteiger partial charge >= 0.3 is 5.97 Å².